The largest absolute Gasteiger partial charge is 0.496 e. The van der Waals surface area contributed by atoms with Crippen LogP contribution in [0, 0.1) is 12.7 Å². The number of ether oxygens (including phenoxy) is 2. The maximum Gasteiger partial charge on any atom is 0.331 e. The Kier molecular flexibility index (Phi) is 4.23. The quantitative estimate of drug-likeness (QED) is 0.842. The molecule has 0 saturated carbocycles. The van der Waals surface area contributed by atoms with Crippen molar-refractivity contribution in [2.24, 2.45) is 0 Å². The molecule has 2 aromatic rings. The molecule has 0 unspecified atom stereocenters. The molecular weight excluding hydrogens is 343 g/mol. The Morgan fingerprint density at radius 3 is 2.58 bits per heavy atom. The molecule has 0 atom stereocenters. The van der Waals surface area contributed by atoms with E-state index in [0.29, 0.717) is 10.6 Å². The first kappa shape index (κ1) is 17.6. The third-order valence-electron chi connectivity index (χ3n) is 3.91. The van der Waals surface area contributed by atoms with E-state index in [-0.39, 0.29) is 5.75 Å². The summed E-state index contributed by atoms with van der Waals surface area (Å²) in [6.45, 7) is 4.88. The van der Waals surface area contributed by atoms with Gasteiger partial charge in [-0.05, 0) is 32.4 Å². The molecule has 2 heterocycles. The number of anilines is 1. The molecule has 0 spiro atoms. The highest BCUT2D eigenvalue weighted by Gasteiger charge is 2.47. The van der Waals surface area contributed by atoms with Gasteiger partial charge in [0.2, 0.25) is 5.82 Å². The molecular formula is C17H17FN4O4. The number of hydrogen-bond donors (Lipinski definition) is 1. The number of carbonyl (C=O) groups is 2. The van der Waals surface area contributed by atoms with E-state index in [1.54, 1.807) is 18.2 Å². The van der Waals surface area contributed by atoms with E-state index in [0.717, 1.165) is 11.9 Å². The zero-order valence-corrected chi connectivity index (χ0v) is 14.7. The van der Waals surface area contributed by atoms with Crippen molar-refractivity contribution < 1.29 is 23.5 Å². The number of urea groups is 1. The summed E-state index contributed by atoms with van der Waals surface area (Å²) >= 11 is 0. The highest BCUT2D eigenvalue weighted by atomic mass is 19.1. The van der Waals surface area contributed by atoms with Crippen LogP contribution in [-0.4, -0.2) is 34.6 Å². The molecule has 1 aromatic heterocycles. The van der Waals surface area contributed by atoms with Gasteiger partial charge in [0.1, 0.15) is 23.4 Å². The van der Waals surface area contributed by atoms with Crippen LogP contribution < -0.4 is 19.7 Å². The molecule has 3 rings (SSSR count). The Morgan fingerprint density at radius 2 is 1.96 bits per heavy atom. The Morgan fingerprint density at radius 1 is 1.23 bits per heavy atom. The number of hydrogen-bond acceptors (Lipinski definition) is 6. The molecule has 3 amide bonds. The molecule has 0 radical (unpaired) electrons. The highest BCUT2D eigenvalue weighted by Crippen LogP contribution is 2.32. The highest BCUT2D eigenvalue weighted by molar-refractivity contribution is 6.22. The summed E-state index contributed by atoms with van der Waals surface area (Å²) in [5.41, 5.74) is -0.273. The first-order valence-electron chi connectivity index (χ1n) is 7.74. The molecule has 1 aliphatic rings. The van der Waals surface area contributed by atoms with Crippen molar-refractivity contribution in [1.29, 1.82) is 0 Å². The van der Waals surface area contributed by atoms with E-state index < -0.39 is 35.0 Å². The number of aryl methyl sites for hydroxylation is 1. The maximum atomic E-state index is 14.8. The number of nitrogens with zero attached hydrogens (tertiary/aromatic N) is 3. The van der Waals surface area contributed by atoms with Crippen molar-refractivity contribution in [3.8, 4) is 17.4 Å². The maximum absolute atomic E-state index is 14.8. The fraction of sp³-hybridized carbons (Fsp3) is 0.294. The van der Waals surface area contributed by atoms with Gasteiger partial charge >= 0.3 is 6.03 Å². The second-order valence-corrected chi connectivity index (χ2v) is 6.25. The SMILES string of the molecule is COc1cc(Oc2ncnc(N3C(=O)NC(C)(C)C3=O)c2F)ccc1C. The molecule has 26 heavy (non-hydrogen) atoms. The summed E-state index contributed by atoms with van der Waals surface area (Å²) in [5, 5.41) is 2.46. The summed E-state index contributed by atoms with van der Waals surface area (Å²) in [5.74, 6) is -1.67. The van der Waals surface area contributed by atoms with E-state index >= 15 is 0 Å². The summed E-state index contributed by atoms with van der Waals surface area (Å²) in [6.07, 6.45) is 1.02. The monoisotopic (exact) mass is 360 g/mol. The van der Waals surface area contributed by atoms with Crippen molar-refractivity contribution in [1.82, 2.24) is 15.3 Å². The summed E-state index contributed by atoms with van der Waals surface area (Å²) in [6, 6.07) is 4.18. The van der Waals surface area contributed by atoms with Gasteiger partial charge in [-0.25, -0.2) is 14.7 Å². The Hall–Kier alpha value is -3.23. The predicted octanol–water partition coefficient (Wildman–Crippen LogP) is 2.56. The van der Waals surface area contributed by atoms with Gasteiger partial charge in [0, 0.05) is 6.07 Å². The van der Waals surface area contributed by atoms with Crippen molar-refractivity contribution >= 4 is 17.8 Å². The van der Waals surface area contributed by atoms with Crippen LogP contribution in [0.15, 0.2) is 24.5 Å². The van der Waals surface area contributed by atoms with Crippen LogP contribution in [-0.2, 0) is 4.79 Å². The van der Waals surface area contributed by atoms with E-state index in [4.69, 9.17) is 9.47 Å². The average Bonchev–Trinajstić information content (AvgIpc) is 2.79. The number of aromatic nitrogens is 2. The molecule has 0 bridgehead atoms. The van der Waals surface area contributed by atoms with Gasteiger partial charge in [0.05, 0.1) is 7.11 Å². The number of methoxy groups -OCH3 is 1. The lowest BCUT2D eigenvalue weighted by molar-refractivity contribution is -0.121. The van der Waals surface area contributed by atoms with Crippen LogP contribution in [0.5, 0.6) is 17.4 Å². The van der Waals surface area contributed by atoms with Gasteiger partial charge in [-0.15, -0.1) is 0 Å². The Balaban J connectivity index is 1.96. The number of nitrogens with one attached hydrogen (secondary N) is 1. The molecule has 1 aliphatic heterocycles. The standard InChI is InChI=1S/C17H17FN4O4/c1-9-5-6-10(7-11(9)25-4)26-14-12(18)13(19-8-20-14)22-15(23)17(2,3)21-16(22)24/h5-8H,1-4H3,(H,21,24). The Bertz CT molecular complexity index is 900. The summed E-state index contributed by atoms with van der Waals surface area (Å²) < 4.78 is 25.5. The van der Waals surface area contributed by atoms with Gasteiger partial charge in [0.15, 0.2) is 5.82 Å². The van der Waals surface area contributed by atoms with Crippen molar-refractivity contribution in [3.63, 3.8) is 0 Å². The third kappa shape index (κ3) is 2.92. The zero-order chi connectivity index (χ0) is 19.1. The van der Waals surface area contributed by atoms with Crippen molar-refractivity contribution in [3.05, 3.63) is 35.9 Å². The van der Waals surface area contributed by atoms with Crippen LogP contribution in [0.2, 0.25) is 0 Å². The zero-order valence-electron chi connectivity index (χ0n) is 14.7. The van der Waals surface area contributed by atoms with E-state index in [9.17, 15) is 14.0 Å². The molecule has 9 heteroatoms. The number of rotatable bonds is 4. The minimum absolute atomic E-state index is 0.286. The minimum atomic E-state index is -1.15. The minimum Gasteiger partial charge on any atom is -0.496 e. The lowest BCUT2D eigenvalue weighted by Crippen LogP contribution is -2.40. The molecule has 1 fully saturated rings. The van der Waals surface area contributed by atoms with Gasteiger partial charge in [-0.2, -0.15) is 9.37 Å². The number of halogens is 1. The number of amides is 3. The van der Waals surface area contributed by atoms with Gasteiger partial charge < -0.3 is 14.8 Å². The van der Waals surface area contributed by atoms with E-state index in [1.165, 1.54) is 21.0 Å². The number of carbonyl (C=O) groups excluding carboxylic acids is 2. The second kappa shape index (κ2) is 6.25. The molecule has 8 nitrogen and oxygen atoms in total. The first-order valence-corrected chi connectivity index (χ1v) is 7.74. The summed E-state index contributed by atoms with van der Waals surface area (Å²) in [7, 11) is 1.51. The lowest BCUT2D eigenvalue weighted by atomic mass is 10.1. The van der Waals surface area contributed by atoms with Crippen molar-refractivity contribution in [2.45, 2.75) is 26.3 Å². The van der Waals surface area contributed by atoms with Gasteiger partial charge in [-0.1, -0.05) is 6.07 Å². The molecule has 1 aromatic carbocycles. The van der Waals surface area contributed by atoms with E-state index in [2.05, 4.69) is 15.3 Å². The smallest absolute Gasteiger partial charge is 0.331 e. The molecule has 1 N–H and O–H groups in total. The normalized spacial score (nSPS) is 15.8. The fourth-order valence-corrected chi connectivity index (χ4v) is 2.49. The average molecular weight is 360 g/mol. The second-order valence-electron chi connectivity index (χ2n) is 6.25. The number of benzene rings is 1. The number of imide groups is 1. The first-order chi connectivity index (χ1) is 12.2. The fourth-order valence-electron chi connectivity index (χ4n) is 2.49. The summed E-state index contributed by atoms with van der Waals surface area (Å²) in [4.78, 5) is 32.5. The molecule has 1 saturated heterocycles. The third-order valence-corrected chi connectivity index (χ3v) is 3.91. The Labute approximate surface area is 149 Å². The van der Waals surface area contributed by atoms with Crippen LogP contribution in [0.3, 0.4) is 0 Å². The van der Waals surface area contributed by atoms with Crippen LogP contribution in [0.25, 0.3) is 0 Å². The van der Waals surface area contributed by atoms with Crippen LogP contribution in [0.4, 0.5) is 15.0 Å². The molecule has 0 aliphatic carbocycles. The van der Waals surface area contributed by atoms with Gasteiger partial charge in [-0.3, -0.25) is 4.79 Å². The van der Waals surface area contributed by atoms with Crippen LogP contribution in [0.1, 0.15) is 19.4 Å². The molecule has 136 valence electrons. The van der Waals surface area contributed by atoms with Gasteiger partial charge in [0.25, 0.3) is 11.8 Å². The topological polar surface area (TPSA) is 93.7 Å². The lowest BCUT2D eigenvalue weighted by Gasteiger charge is -2.16. The van der Waals surface area contributed by atoms with Crippen molar-refractivity contribution in [2.75, 3.05) is 12.0 Å². The van der Waals surface area contributed by atoms with Crippen LogP contribution >= 0.6 is 0 Å². The van der Waals surface area contributed by atoms with E-state index in [1.807, 2.05) is 6.92 Å². The predicted molar refractivity (Wildman–Crippen MR) is 89.9 cm³/mol.